The van der Waals surface area contributed by atoms with E-state index in [0.717, 1.165) is 30.3 Å². The van der Waals surface area contributed by atoms with Gasteiger partial charge in [-0.1, -0.05) is 57.9 Å². The van der Waals surface area contributed by atoms with Crippen molar-refractivity contribution in [2.45, 2.75) is 46.9 Å². The van der Waals surface area contributed by atoms with Crippen LogP contribution in [0.4, 0.5) is 4.39 Å². The Kier molecular flexibility index (Phi) is 3.23. The largest absolute Gasteiger partial charge is 0.377 e. The Morgan fingerprint density at radius 3 is 2.33 bits per heavy atom. The normalized spacial score (nSPS) is 23.0. The van der Waals surface area contributed by atoms with Crippen LogP contribution in [0.5, 0.6) is 0 Å². The summed E-state index contributed by atoms with van der Waals surface area (Å²) < 4.78 is 14.4. The highest BCUT2D eigenvalue weighted by atomic mass is 19.1. The summed E-state index contributed by atoms with van der Waals surface area (Å²) in [6.07, 6.45) is 4.44. The first-order valence-electron chi connectivity index (χ1n) is 7.91. The van der Waals surface area contributed by atoms with Crippen LogP contribution >= 0.6 is 0 Å². The fraction of sp³-hybridized carbons (Fsp3) is 0.556. The molecule has 0 aliphatic carbocycles. The van der Waals surface area contributed by atoms with Crippen LogP contribution in [-0.4, -0.2) is 18.7 Å². The third-order valence-corrected chi connectivity index (χ3v) is 5.95. The number of rotatable bonds is 1. The fourth-order valence-electron chi connectivity index (χ4n) is 4.03. The van der Waals surface area contributed by atoms with Crippen LogP contribution in [0.25, 0.3) is 5.47 Å². The van der Waals surface area contributed by atoms with Gasteiger partial charge in [-0.05, 0) is 28.7 Å². The minimum atomic E-state index is -0.0608. The van der Waals surface area contributed by atoms with Gasteiger partial charge in [0, 0.05) is 19.2 Å². The topological polar surface area (TPSA) is 3.24 Å². The van der Waals surface area contributed by atoms with Gasteiger partial charge in [-0.15, -0.1) is 0 Å². The molecule has 0 N–H and O–H groups in total. The van der Waals surface area contributed by atoms with Crippen molar-refractivity contribution in [1.29, 1.82) is 0 Å². The minimum absolute atomic E-state index is 0.0608. The predicted molar refractivity (Wildman–Crippen MR) is 88.8 cm³/mol. The maximum absolute atomic E-state index is 14.4. The van der Waals surface area contributed by atoms with E-state index in [-0.39, 0.29) is 5.82 Å². The number of hydrogen-bond donors (Lipinski definition) is 0. The van der Waals surface area contributed by atoms with E-state index >= 15 is 0 Å². The molecule has 21 heavy (non-hydrogen) atoms. The van der Waals surface area contributed by atoms with Crippen molar-refractivity contribution < 1.29 is 4.39 Å². The van der Waals surface area contributed by atoms with Crippen molar-refractivity contribution in [2.24, 2.45) is 10.8 Å². The number of nitrogens with zero attached hydrogens (tertiary/aromatic N) is 1. The number of hydrogen-bond acceptors (Lipinski definition) is 1. The standard InChI is InChI=1S/C18H25BFN/c1-17(2)11-19(12-18(17,3)4)14-10-21(5)9-13-7-6-8-15(20)16(13)14/h6-8,10H,9,11-12H2,1-5H3. The van der Waals surface area contributed by atoms with E-state index < -0.39 is 0 Å². The average Bonchev–Trinajstić information content (AvgIpc) is 2.57. The van der Waals surface area contributed by atoms with Gasteiger partial charge >= 0.3 is 0 Å². The molecule has 0 amide bonds. The molecular formula is C18H25BFN. The molecule has 1 saturated heterocycles. The number of fused-ring (bicyclic) bond motifs is 1. The Balaban J connectivity index is 2.04. The molecule has 2 heterocycles. The molecule has 0 saturated carbocycles. The maximum atomic E-state index is 14.4. The smallest absolute Gasteiger partial charge is 0.179 e. The lowest BCUT2D eigenvalue weighted by molar-refractivity contribution is 0.177. The maximum Gasteiger partial charge on any atom is 0.179 e. The second kappa shape index (κ2) is 4.62. The lowest BCUT2D eigenvalue weighted by Crippen LogP contribution is -2.24. The predicted octanol–water partition coefficient (Wildman–Crippen LogP) is 4.71. The Morgan fingerprint density at radius 2 is 1.71 bits per heavy atom. The van der Waals surface area contributed by atoms with Gasteiger partial charge in [0.05, 0.1) is 0 Å². The summed E-state index contributed by atoms with van der Waals surface area (Å²) >= 11 is 0. The van der Waals surface area contributed by atoms with Crippen LogP contribution in [0.2, 0.25) is 12.6 Å². The van der Waals surface area contributed by atoms with E-state index in [4.69, 9.17) is 0 Å². The first kappa shape index (κ1) is 14.7. The minimum Gasteiger partial charge on any atom is -0.377 e. The van der Waals surface area contributed by atoms with Gasteiger partial charge < -0.3 is 4.90 Å². The molecule has 2 aliphatic rings. The monoisotopic (exact) mass is 285 g/mol. The van der Waals surface area contributed by atoms with E-state index in [9.17, 15) is 4.39 Å². The van der Waals surface area contributed by atoms with Gasteiger partial charge in [0.15, 0.2) is 6.71 Å². The van der Waals surface area contributed by atoms with E-state index in [0.29, 0.717) is 17.5 Å². The molecular weight excluding hydrogens is 260 g/mol. The molecule has 3 rings (SSSR count). The average molecular weight is 285 g/mol. The summed E-state index contributed by atoms with van der Waals surface area (Å²) in [6.45, 7) is 10.7. The lowest BCUT2D eigenvalue weighted by Gasteiger charge is -2.35. The van der Waals surface area contributed by atoms with Crippen molar-refractivity contribution in [3.05, 3.63) is 41.3 Å². The zero-order valence-corrected chi connectivity index (χ0v) is 13.8. The van der Waals surface area contributed by atoms with Crippen molar-refractivity contribution in [1.82, 2.24) is 4.90 Å². The van der Waals surface area contributed by atoms with E-state index in [1.54, 1.807) is 6.07 Å². The van der Waals surface area contributed by atoms with Gasteiger partial charge in [0.2, 0.25) is 0 Å². The zero-order chi connectivity index (χ0) is 15.4. The Morgan fingerprint density at radius 1 is 1.10 bits per heavy atom. The molecule has 1 aromatic rings. The highest BCUT2D eigenvalue weighted by Gasteiger charge is 2.49. The van der Waals surface area contributed by atoms with E-state index in [2.05, 4.69) is 51.9 Å². The first-order valence-corrected chi connectivity index (χ1v) is 7.91. The van der Waals surface area contributed by atoms with Crippen molar-refractivity contribution in [3.8, 4) is 0 Å². The third kappa shape index (κ3) is 2.31. The summed E-state index contributed by atoms with van der Waals surface area (Å²) in [6, 6.07) is 5.49. The molecule has 0 spiro atoms. The summed E-state index contributed by atoms with van der Waals surface area (Å²) in [5.41, 5.74) is 3.78. The van der Waals surface area contributed by atoms with E-state index in [1.807, 2.05) is 6.07 Å². The van der Waals surface area contributed by atoms with Gasteiger partial charge in [-0.25, -0.2) is 4.39 Å². The highest BCUT2D eigenvalue weighted by molar-refractivity contribution is 6.80. The van der Waals surface area contributed by atoms with Crippen LogP contribution in [-0.2, 0) is 6.54 Å². The third-order valence-electron chi connectivity index (χ3n) is 5.95. The van der Waals surface area contributed by atoms with Crippen molar-refractivity contribution >= 4 is 12.2 Å². The Labute approximate surface area is 128 Å². The van der Waals surface area contributed by atoms with Crippen molar-refractivity contribution in [3.63, 3.8) is 0 Å². The summed E-state index contributed by atoms with van der Waals surface area (Å²) in [5.74, 6) is -0.0608. The first-order chi connectivity index (χ1) is 9.71. The summed E-state index contributed by atoms with van der Waals surface area (Å²) in [5, 5.41) is 0. The summed E-state index contributed by atoms with van der Waals surface area (Å²) in [7, 11) is 2.08. The van der Waals surface area contributed by atoms with Gasteiger partial charge in [-0.3, -0.25) is 0 Å². The molecule has 2 aliphatic heterocycles. The highest BCUT2D eigenvalue weighted by Crippen LogP contribution is 2.55. The van der Waals surface area contributed by atoms with Gasteiger partial charge in [-0.2, -0.15) is 0 Å². The SMILES string of the molecule is CN1C=C(B2CC(C)(C)C(C)(C)C2)c2c(F)cccc2C1. The van der Waals surface area contributed by atoms with Crippen LogP contribution in [0.1, 0.15) is 38.8 Å². The molecule has 112 valence electrons. The second-order valence-electron chi connectivity index (χ2n) is 8.15. The van der Waals surface area contributed by atoms with Crippen LogP contribution in [0, 0.1) is 16.6 Å². The molecule has 0 atom stereocenters. The summed E-state index contributed by atoms with van der Waals surface area (Å²) in [4.78, 5) is 2.19. The number of halogens is 1. The van der Waals surface area contributed by atoms with Crippen molar-refractivity contribution in [2.75, 3.05) is 7.05 Å². The molecule has 0 aromatic heterocycles. The van der Waals surface area contributed by atoms with Crippen LogP contribution in [0.15, 0.2) is 24.4 Å². The molecule has 0 unspecified atom stereocenters. The Bertz CT molecular complexity index is 587. The second-order valence-corrected chi connectivity index (χ2v) is 8.15. The van der Waals surface area contributed by atoms with Crippen LogP contribution in [0.3, 0.4) is 0 Å². The quantitative estimate of drug-likeness (QED) is 0.675. The van der Waals surface area contributed by atoms with Gasteiger partial charge in [0.25, 0.3) is 0 Å². The number of benzene rings is 1. The Hall–Kier alpha value is -1.25. The zero-order valence-electron chi connectivity index (χ0n) is 13.8. The molecule has 0 radical (unpaired) electrons. The molecule has 1 aromatic carbocycles. The van der Waals surface area contributed by atoms with E-state index in [1.165, 1.54) is 5.47 Å². The molecule has 1 fully saturated rings. The lowest BCUT2D eigenvalue weighted by atomic mass is 9.40. The molecule has 1 nitrogen and oxygen atoms in total. The molecule has 0 bridgehead atoms. The fourth-order valence-corrected chi connectivity index (χ4v) is 4.03. The van der Waals surface area contributed by atoms with Gasteiger partial charge in [0.1, 0.15) is 5.82 Å². The molecule has 3 heteroatoms. The van der Waals surface area contributed by atoms with Crippen LogP contribution < -0.4 is 0 Å².